The average molecular weight is 338 g/mol. The fourth-order valence-electron chi connectivity index (χ4n) is 3.03. The average Bonchev–Trinajstić information content (AvgIpc) is 3.01. The van der Waals surface area contributed by atoms with E-state index in [1.807, 2.05) is 0 Å². The Balaban J connectivity index is 1.95. The van der Waals surface area contributed by atoms with Crippen molar-refractivity contribution >= 4 is 11.8 Å². The number of nitrogens with zero attached hydrogens (tertiary/aromatic N) is 1. The molecule has 1 unspecified atom stereocenters. The number of aliphatic hydroxyl groups excluding tert-OH is 1. The van der Waals surface area contributed by atoms with Crippen LogP contribution in [0, 0.1) is 5.41 Å². The fourth-order valence-corrected chi connectivity index (χ4v) is 3.03. The number of ether oxygens (including phenoxy) is 1. The Morgan fingerprint density at radius 3 is 2.52 bits per heavy atom. The molecule has 2 rings (SSSR count). The minimum absolute atomic E-state index is 0.0740. The molecule has 2 heterocycles. The van der Waals surface area contributed by atoms with Crippen LogP contribution >= 0.6 is 0 Å². The standard InChI is InChI=1S/C14H21F3N2O4/c15-14(16,17)12(22)19-5-1-2-10(19)11(21)18-8-13(9-20)3-6-23-7-4-13/h10,20H,1-9H2,(H,18,21). The number of carbonyl (C=O) groups is 2. The van der Waals surface area contributed by atoms with E-state index in [2.05, 4.69) is 5.32 Å². The largest absolute Gasteiger partial charge is 0.471 e. The molecule has 0 aromatic heterocycles. The minimum Gasteiger partial charge on any atom is -0.396 e. The van der Waals surface area contributed by atoms with Crippen LogP contribution in [-0.2, 0) is 14.3 Å². The molecule has 2 aliphatic heterocycles. The molecule has 132 valence electrons. The number of nitrogens with one attached hydrogen (secondary N) is 1. The molecular weight excluding hydrogens is 317 g/mol. The number of hydrogen-bond acceptors (Lipinski definition) is 4. The summed E-state index contributed by atoms with van der Waals surface area (Å²) in [5, 5.41) is 12.2. The highest BCUT2D eigenvalue weighted by Crippen LogP contribution is 2.30. The first-order chi connectivity index (χ1) is 10.8. The lowest BCUT2D eigenvalue weighted by Gasteiger charge is -2.36. The summed E-state index contributed by atoms with van der Waals surface area (Å²) in [6, 6.07) is -1.10. The summed E-state index contributed by atoms with van der Waals surface area (Å²) in [5.74, 6) is -2.57. The van der Waals surface area contributed by atoms with Gasteiger partial charge in [0.25, 0.3) is 0 Å². The first-order valence-corrected chi connectivity index (χ1v) is 7.63. The van der Waals surface area contributed by atoms with E-state index in [0.717, 1.165) is 0 Å². The summed E-state index contributed by atoms with van der Waals surface area (Å²) in [5.41, 5.74) is -0.509. The number of halogens is 3. The summed E-state index contributed by atoms with van der Waals surface area (Å²) in [4.78, 5) is 24.2. The lowest BCUT2D eigenvalue weighted by atomic mass is 9.81. The van der Waals surface area contributed by atoms with Crippen molar-refractivity contribution in [3.63, 3.8) is 0 Å². The zero-order valence-electron chi connectivity index (χ0n) is 12.7. The van der Waals surface area contributed by atoms with Gasteiger partial charge in [-0.15, -0.1) is 0 Å². The van der Waals surface area contributed by atoms with E-state index in [1.54, 1.807) is 0 Å². The van der Waals surface area contributed by atoms with E-state index < -0.39 is 29.4 Å². The fraction of sp³-hybridized carbons (Fsp3) is 0.857. The minimum atomic E-state index is -4.98. The Morgan fingerprint density at radius 1 is 1.30 bits per heavy atom. The first kappa shape index (κ1) is 18.0. The molecular formula is C14H21F3N2O4. The summed E-state index contributed by atoms with van der Waals surface area (Å²) in [6.07, 6.45) is -3.27. The highest BCUT2D eigenvalue weighted by Gasteiger charge is 2.47. The second-order valence-electron chi connectivity index (χ2n) is 6.14. The molecule has 2 fully saturated rings. The third kappa shape index (κ3) is 4.14. The summed E-state index contributed by atoms with van der Waals surface area (Å²) < 4.78 is 42.9. The molecule has 0 aromatic carbocycles. The smallest absolute Gasteiger partial charge is 0.396 e. The first-order valence-electron chi connectivity index (χ1n) is 7.63. The molecule has 0 aliphatic carbocycles. The van der Waals surface area contributed by atoms with Gasteiger partial charge in [-0.2, -0.15) is 13.2 Å². The van der Waals surface area contributed by atoms with E-state index in [-0.39, 0.29) is 26.1 Å². The Kier molecular flexibility index (Phi) is 5.51. The molecule has 2 amide bonds. The van der Waals surface area contributed by atoms with E-state index in [0.29, 0.717) is 37.4 Å². The van der Waals surface area contributed by atoms with Gasteiger partial charge in [0, 0.05) is 31.7 Å². The number of aliphatic hydroxyl groups is 1. The molecule has 0 radical (unpaired) electrons. The summed E-state index contributed by atoms with van der Waals surface area (Å²) in [7, 11) is 0. The van der Waals surface area contributed by atoms with Crippen LogP contribution in [-0.4, -0.2) is 66.9 Å². The SMILES string of the molecule is O=C(NCC1(CO)CCOCC1)C1CCCN1C(=O)C(F)(F)F. The number of carbonyl (C=O) groups excluding carboxylic acids is 2. The second kappa shape index (κ2) is 7.04. The molecule has 0 saturated carbocycles. The van der Waals surface area contributed by atoms with Gasteiger partial charge in [0.15, 0.2) is 0 Å². The van der Waals surface area contributed by atoms with Crippen molar-refractivity contribution in [2.75, 3.05) is 32.9 Å². The molecule has 6 nitrogen and oxygen atoms in total. The molecule has 2 saturated heterocycles. The molecule has 0 spiro atoms. The molecule has 1 atom stereocenters. The summed E-state index contributed by atoms with van der Waals surface area (Å²) in [6.45, 7) is 0.898. The van der Waals surface area contributed by atoms with E-state index in [4.69, 9.17) is 4.74 Å². The van der Waals surface area contributed by atoms with Gasteiger partial charge in [0.1, 0.15) is 6.04 Å². The van der Waals surface area contributed by atoms with Crippen LogP contribution in [0.4, 0.5) is 13.2 Å². The van der Waals surface area contributed by atoms with Gasteiger partial charge in [-0.25, -0.2) is 0 Å². The van der Waals surface area contributed by atoms with Crippen molar-refractivity contribution in [2.45, 2.75) is 37.9 Å². The quantitative estimate of drug-likeness (QED) is 0.780. The Morgan fingerprint density at radius 2 is 1.96 bits per heavy atom. The van der Waals surface area contributed by atoms with Gasteiger partial charge in [0.2, 0.25) is 5.91 Å². The highest BCUT2D eigenvalue weighted by atomic mass is 19.4. The molecule has 9 heteroatoms. The predicted octanol–water partition coefficient (Wildman–Crippen LogP) is 0.445. The van der Waals surface area contributed by atoms with Crippen molar-refractivity contribution in [3.8, 4) is 0 Å². The van der Waals surface area contributed by atoms with Crippen molar-refractivity contribution in [2.24, 2.45) is 5.41 Å². The van der Waals surface area contributed by atoms with Crippen LogP contribution in [0.15, 0.2) is 0 Å². The maximum Gasteiger partial charge on any atom is 0.471 e. The molecule has 0 bridgehead atoms. The zero-order chi connectivity index (χ0) is 17.1. The maximum absolute atomic E-state index is 12.6. The number of hydrogen-bond donors (Lipinski definition) is 2. The van der Waals surface area contributed by atoms with Gasteiger partial charge < -0.3 is 20.1 Å². The third-order valence-corrected chi connectivity index (χ3v) is 4.59. The molecule has 2 aliphatic rings. The zero-order valence-corrected chi connectivity index (χ0v) is 12.7. The number of likely N-dealkylation sites (tertiary alicyclic amines) is 1. The van der Waals surface area contributed by atoms with E-state index in [9.17, 15) is 27.9 Å². The predicted molar refractivity (Wildman–Crippen MR) is 73.4 cm³/mol. The third-order valence-electron chi connectivity index (χ3n) is 4.59. The second-order valence-corrected chi connectivity index (χ2v) is 6.14. The van der Waals surface area contributed by atoms with Crippen LogP contribution < -0.4 is 5.32 Å². The van der Waals surface area contributed by atoms with Crippen molar-refractivity contribution < 1.29 is 32.6 Å². The van der Waals surface area contributed by atoms with Crippen LogP contribution in [0.25, 0.3) is 0 Å². The van der Waals surface area contributed by atoms with Gasteiger partial charge in [0.05, 0.1) is 6.61 Å². The number of rotatable bonds is 4. The van der Waals surface area contributed by atoms with Crippen LogP contribution in [0.3, 0.4) is 0 Å². The van der Waals surface area contributed by atoms with Gasteiger partial charge in [-0.3, -0.25) is 9.59 Å². The highest BCUT2D eigenvalue weighted by molar-refractivity contribution is 5.90. The summed E-state index contributed by atoms with van der Waals surface area (Å²) >= 11 is 0. The molecule has 23 heavy (non-hydrogen) atoms. The molecule has 2 N–H and O–H groups in total. The lowest BCUT2D eigenvalue weighted by Crippen LogP contribution is -2.52. The van der Waals surface area contributed by atoms with Crippen molar-refractivity contribution in [1.29, 1.82) is 0 Å². The Bertz CT molecular complexity index is 450. The lowest BCUT2D eigenvalue weighted by molar-refractivity contribution is -0.186. The van der Waals surface area contributed by atoms with Gasteiger partial charge >= 0.3 is 12.1 Å². The van der Waals surface area contributed by atoms with Crippen molar-refractivity contribution in [1.82, 2.24) is 10.2 Å². The Labute approximate surface area is 132 Å². The van der Waals surface area contributed by atoms with Crippen LogP contribution in [0.1, 0.15) is 25.7 Å². The number of alkyl halides is 3. The van der Waals surface area contributed by atoms with Crippen molar-refractivity contribution in [3.05, 3.63) is 0 Å². The Hall–Kier alpha value is -1.35. The molecule has 0 aromatic rings. The van der Waals surface area contributed by atoms with Crippen LogP contribution in [0.2, 0.25) is 0 Å². The van der Waals surface area contributed by atoms with Crippen LogP contribution in [0.5, 0.6) is 0 Å². The van der Waals surface area contributed by atoms with Gasteiger partial charge in [-0.05, 0) is 25.7 Å². The topological polar surface area (TPSA) is 78.9 Å². The maximum atomic E-state index is 12.6. The monoisotopic (exact) mass is 338 g/mol. The van der Waals surface area contributed by atoms with Gasteiger partial charge in [-0.1, -0.05) is 0 Å². The van der Waals surface area contributed by atoms with E-state index >= 15 is 0 Å². The van der Waals surface area contributed by atoms with E-state index in [1.165, 1.54) is 0 Å². The number of amides is 2. The normalized spacial score (nSPS) is 24.5.